The minimum Gasteiger partial charge on any atom is -0.296 e. The molecule has 0 radical (unpaired) electrons. The zero-order chi connectivity index (χ0) is 11.0. The molecule has 2 aliphatic rings. The number of benzene rings is 1. The van der Waals surface area contributed by atoms with Crippen LogP contribution in [0.1, 0.15) is 38.2 Å². The predicted molar refractivity (Wildman–Crippen MR) is 67.2 cm³/mol. The Hall–Kier alpha value is -0.820. The molecule has 1 spiro atoms. The second kappa shape index (κ2) is 3.89. The Morgan fingerprint density at radius 3 is 2.62 bits per heavy atom. The topological polar surface area (TPSA) is 3.24 Å². The van der Waals surface area contributed by atoms with Crippen LogP contribution in [0.3, 0.4) is 0 Å². The number of piperidine rings is 1. The van der Waals surface area contributed by atoms with Crippen LogP contribution in [0.5, 0.6) is 0 Å². The third-order valence-corrected chi connectivity index (χ3v) is 4.44. The fourth-order valence-corrected chi connectivity index (χ4v) is 2.98. The van der Waals surface area contributed by atoms with Crippen LogP contribution in [0.25, 0.3) is 0 Å². The SMILES string of the molecule is CC1CCC2(CC2)CN1Cc1ccccc1. The van der Waals surface area contributed by atoms with E-state index < -0.39 is 0 Å². The van der Waals surface area contributed by atoms with E-state index in [2.05, 4.69) is 42.2 Å². The lowest BCUT2D eigenvalue weighted by Crippen LogP contribution is -2.42. The fraction of sp³-hybridized carbons (Fsp3) is 0.600. The maximum Gasteiger partial charge on any atom is 0.0236 e. The van der Waals surface area contributed by atoms with Crippen LogP contribution in [0.4, 0.5) is 0 Å². The summed E-state index contributed by atoms with van der Waals surface area (Å²) in [4.78, 5) is 2.69. The molecule has 1 saturated carbocycles. The van der Waals surface area contributed by atoms with Gasteiger partial charge < -0.3 is 0 Å². The van der Waals surface area contributed by atoms with Crippen molar-refractivity contribution in [2.45, 2.75) is 45.2 Å². The van der Waals surface area contributed by atoms with Gasteiger partial charge in [-0.1, -0.05) is 30.3 Å². The molecule has 1 aromatic carbocycles. The Balaban J connectivity index is 1.69. The van der Waals surface area contributed by atoms with Gasteiger partial charge in [-0.3, -0.25) is 4.90 Å². The van der Waals surface area contributed by atoms with Gasteiger partial charge in [0.15, 0.2) is 0 Å². The van der Waals surface area contributed by atoms with Crippen molar-refractivity contribution in [1.82, 2.24) is 4.90 Å². The molecule has 1 unspecified atom stereocenters. The maximum absolute atomic E-state index is 2.69. The number of hydrogen-bond acceptors (Lipinski definition) is 1. The van der Waals surface area contributed by atoms with E-state index in [1.807, 2.05) is 0 Å². The molecule has 1 nitrogen and oxygen atoms in total. The van der Waals surface area contributed by atoms with E-state index in [1.165, 1.54) is 37.8 Å². The summed E-state index contributed by atoms with van der Waals surface area (Å²) in [7, 11) is 0. The number of likely N-dealkylation sites (tertiary alicyclic amines) is 1. The Labute approximate surface area is 98.5 Å². The van der Waals surface area contributed by atoms with Crippen molar-refractivity contribution in [1.29, 1.82) is 0 Å². The lowest BCUT2D eigenvalue weighted by molar-refractivity contribution is 0.0989. The van der Waals surface area contributed by atoms with Crippen LogP contribution in [0.15, 0.2) is 30.3 Å². The van der Waals surface area contributed by atoms with E-state index in [1.54, 1.807) is 0 Å². The lowest BCUT2D eigenvalue weighted by atomic mass is 9.90. The zero-order valence-electron chi connectivity index (χ0n) is 10.2. The summed E-state index contributed by atoms with van der Waals surface area (Å²) in [6.07, 6.45) is 5.82. The molecule has 1 aliphatic carbocycles. The highest BCUT2D eigenvalue weighted by Crippen LogP contribution is 2.53. The van der Waals surface area contributed by atoms with Crippen molar-refractivity contribution < 1.29 is 0 Å². The largest absolute Gasteiger partial charge is 0.296 e. The number of rotatable bonds is 2. The van der Waals surface area contributed by atoms with Gasteiger partial charge in [0, 0.05) is 19.1 Å². The first-order valence-corrected chi connectivity index (χ1v) is 6.55. The lowest BCUT2D eigenvalue weighted by Gasteiger charge is -2.38. The van der Waals surface area contributed by atoms with Crippen molar-refractivity contribution >= 4 is 0 Å². The molecule has 1 aromatic rings. The Bertz CT molecular complexity index is 353. The Morgan fingerprint density at radius 1 is 1.19 bits per heavy atom. The molecular formula is C15H21N. The standard InChI is InChI=1S/C15H21N/c1-13-7-8-15(9-10-15)12-16(13)11-14-5-3-2-4-6-14/h2-6,13H,7-12H2,1H3. The summed E-state index contributed by atoms with van der Waals surface area (Å²) >= 11 is 0. The van der Waals surface area contributed by atoms with Crippen molar-refractivity contribution in [3.63, 3.8) is 0 Å². The highest BCUT2D eigenvalue weighted by Gasteiger charge is 2.46. The molecule has 1 heteroatoms. The molecule has 0 N–H and O–H groups in total. The van der Waals surface area contributed by atoms with E-state index in [9.17, 15) is 0 Å². The molecule has 0 bridgehead atoms. The molecule has 2 fully saturated rings. The smallest absolute Gasteiger partial charge is 0.0236 e. The number of hydrogen-bond donors (Lipinski definition) is 0. The molecular weight excluding hydrogens is 194 g/mol. The summed E-state index contributed by atoms with van der Waals surface area (Å²) in [5.74, 6) is 0. The molecule has 86 valence electrons. The van der Waals surface area contributed by atoms with E-state index in [4.69, 9.17) is 0 Å². The summed E-state index contributed by atoms with van der Waals surface area (Å²) in [6.45, 7) is 4.87. The second-order valence-electron chi connectivity index (χ2n) is 5.78. The van der Waals surface area contributed by atoms with E-state index >= 15 is 0 Å². The monoisotopic (exact) mass is 215 g/mol. The van der Waals surface area contributed by atoms with E-state index in [0.717, 1.165) is 18.0 Å². The maximum atomic E-state index is 2.69. The molecule has 3 rings (SSSR count). The average Bonchev–Trinajstić information content (AvgIpc) is 3.06. The Kier molecular flexibility index (Phi) is 2.51. The van der Waals surface area contributed by atoms with Gasteiger partial charge in [0.1, 0.15) is 0 Å². The molecule has 16 heavy (non-hydrogen) atoms. The van der Waals surface area contributed by atoms with Crippen molar-refractivity contribution in [3.05, 3.63) is 35.9 Å². The summed E-state index contributed by atoms with van der Waals surface area (Å²) in [6, 6.07) is 11.7. The summed E-state index contributed by atoms with van der Waals surface area (Å²) in [5.41, 5.74) is 2.20. The first-order chi connectivity index (χ1) is 7.77. The molecule has 0 amide bonds. The van der Waals surface area contributed by atoms with Crippen LogP contribution in [-0.4, -0.2) is 17.5 Å². The van der Waals surface area contributed by atoms with Gasteiger partial charge in [0.2, 0.25) is 0 Å². The summed E-state index contributed by atoms with van der Waals surface area (Å²) < 4.78 is 0. The van der Waals surface area contributed by atoms with Crippen molar-refractivity contribution in [3.8, 4) is 0 Å². The van der Waals surface area contributed by atoms with Gasteiger partial charge in [-0.15, -0.1) is 0 Å². The van der Waals surface area contributed by atoms with Crippen LogP contribution in [0, 0.1) is 5.41 Å². The van der Waals surface area contributed by atoms with Crippen molar-refractivity contribution in [2.24, 2.45) is 5.41 Å². The highest BCUT2D eigenvalue weighted by molar-refractivity contribution is 5.15. The highest BCUT2D eigenvalue weighted by atomic mass is 15.2. The molecule has 0 aromatic heterocycles. The average molecular weight is 215 g/mol. The van der Waals surface area contributed by atoms with Gasteiger partial charge >= 0.3 is 0 Å². The third-order valence-electron chi connectivity index (χ3n) is 4.44. The van der Waals surface area contributed by atoms with Crippen LogP contribution in [0.2, 0.25) is 0 Å². The number of nitrogens with zero attached hydrogens (tertiary/aromatic N) is 1. The quantitative estimate of drug-likeness (QED) is 0.730. The van der Waals surface area contributed by atoms with Gasteiger partial charge in [0.05, 0.1) is 0 Å². The van der Waals surface area contributed by atoms with Gasteiger partial charge in [-0.2, -0.15) is 0 Å². The Morgan fingerprint density at radius 2 is 1.94 bits per heavy atom. The molecule has 1 atom stereocenters. The first kappa shape index (κ1) is 10.3. The predicted octanol–water partition coefficient (Wildman–Crippen LogP) is 3.45. The minimum atomic E-state index is 0.737. The molecule has 1 saturated heterocycles. The van der Waals surface area contributed by atoms with E-state index in [0.29, 0.717) is 0 Å². The van der Waals surface area contributed by atoms with Gasteiger partial charge in [-0.25, -0.2) is 0 Å². The minimum absolute atomic E-state index is 0.737. The third kappa shape index (κ3) is 2.01. The van der Waals surface area contributed by atoms with Gasteiger partial charge in [0.25, 0.3) is 0 Å². The zero-order valence-corrected chi connectivity index (χ0v) is 10.2. The van der Waals surface area contributed by atoms with Gasteiger partial charge in [-0.05, 0) is 43.6 Å². The second-order valence-corrected chi connectivity index (χ2v) is 5.78. The van der Waals surface area contributed by atoms with E-state index in [-0.39, 0.29) is 0 Å². The molecule has 1 heterocycles. The van der Waals surface area contributed by atoms with Crippen LogP contribution < -0.4 is 0 Å². The summed E-state index contributed by atoms with van der Waals surface area (Å²) in [5, 5.41) is 0. The fourth-order valence-electron chi connectivity index (χ4n) is 2.98. The van der Waals surface area contributed by atoms with Crippen LogP contribution >= 0.6 is 0 Å². The molecule has 1 aliphatic heterocycles. The van der Waals surface area contributed by atoms with Crippen molar-refractivity contribution in [2.75, 3.05) is 6.54 Å². The normalized spacial score (nSPS) is 28.2. The van der Waals surface area contributed by atoms with Crippen LogP contribution in [-0.2, 0) is 6.54 Å². The first-order valence-electron chi connectivity index (χ1n) is 6.55.